The average molecular weight is 416 g/mol. The third kappa shape index (κ3) is 5.18. The maximum absolute atomic E-state index is 13.0. The normalized spacial score (nSPS) is 17.6. The van der Waals surface area contributed by atoms with Gasteiger partial charge in [0.15, 0.2) is 15.6 Å². The van der Waals surface area contributed by atoms with E-state index in [4.69, 9.17) is 14.4 Å². The van der Waals surface area contributed by atoms with E-state index in [1.807, 2.05) is 6.92 Å². The Morgan fingerprint density at radius 3 is 2.79 bits per heavy atom. The molecule has 1 fully saturated rings. The van der Waals surface area contributed by atoms with Crippen molar-refractivity contribution in [2.45, 2.75) is 38.8 Å². The molecule has 1 atom stereocenters. The average Bonchev–Trinajstić information content (AvgIpc) is 3.33. The molecule has 0 N–H and O–H groups in total. The molecule has 0 bridgehead atoms. The van der Waals surface area contributed by atoms with Crippen LogP contribution in [0.5, 0.6) is 5.75 Å². The molecule has 0 spiro atoms. The van der Waals surface area contributed by atoms with Gasteiger partial charge in [0.1, 0.15) is 24.2 Å². The zero-order valence-electron chi connectivity index (χ0n) is 16.3. The van der Waals surface area contributed by atoms with Gasteiger partial charge in [-0.25, -0.2) is 8.42 Å². The Morgan fingerprint density at radius 1 is 1.31 bits per heavy atom. The first kappa shape index (κ1) is 20.9. The molecular weight excluding hydrogens is 392 g/mol. The van der Waals surface area contributed by atoms with Crippen LogP contribution in [-0.4, -0.2) is 43.3 Å². The lowest BCUT2D eigenvalue weighted by molar-refractivity contribution is 0.0657. The summed E-state index contributed by atoms with van der Waals surface area (Å²) in [4.78, 5) is 14.6. The predicted octanol–water partition coefficient (Wildman–Crippen LogP) is 3.16. The molecule has 154 valence electrons. The molecule has 1 aromatic carbocycles. The highest BCUT2D eigenvalue weighted by atomic mass is 32.2. The summed E-state index contributed by atoms with van der Waals surface area (Å²) in [6.45, 7) is 2.60. The highest BCUT2D eigenvalue weighted by molar-refractivity contribution is 7.91. The molecule has 2 heterocycles. The zero-order chi connectivity index (χ0) is 20.9. The van der Waals surface area contributed by atoms with Crippen LogP contribution in [0.1, 0.15) is 48.1 Å². The molecule has 1 aromatic heterocycles. The van der Waals surface area contributed by atoms with Crippen LogP contribution in [0, 0.1) is 11.3 Å². The molecule has 8 heteroatoms. The van der Waals surface area contributed by atoms with Gasteiger partial charge in [-0.05, 0) is 37.1 Å². The molecule has 1 saturated heterocycles. The highest BCUT2D eigenvalue weighted by Crippen LogP contribution is 2.23. The number of hydrogen-bond acceptors (Lipinski definition) is 6. The van der Waals surface area contributed by atoms with Gasteiger partial charge in [0.05, 0.1) is 17.1 Å². The summed E-state index contributed by atoms with van der Waals surface area (Å²) in [5.41, 5.74) is 0.420. The molecule has 29 heavy (non-hydrogen) atoms. The molecular formula is C21H24N2O5S. The second kappa shape index (κ2) is 9.14. The van der Waals surface area contributed by atoms with Crippen LogP contribution in [-0.2, 0) is 16.4 Å². The number of carbonyl (C=O) groups excluding carboxylic acids is 1. The predicted molar refractivity (Wildman–Crippen MR) is 107 cm³/mol. The Kier molecular flexibility index (Phi) is 6.60. The SMILES string of the molecule is CCCCN(C(=O)c1ccc(COc2ccccc2C#N)o1)C1CCS(=O)(=O)C1. The van der Waals surface area contributed by atoms with Crippen molar-refractivity contribution >= 4 is 15.7 Å². The van der Waals surface area contributed by atoms with Crippen LogP contribution >= 0.6 is 0 Å². The summed E-state index contributed by atoms with van der Waals surface area (Å²) in [6, 6.07) is 11.9. The van der Waals surface area contributed by atoms with E-state index in [1.54, 1.807) is 41.3 Å². The standard InChI is InChI=1S/C21H24N2O5S/c1-2-3-11-23(17-10-12-29(25,26)15-17)21(24)20-9-8-18(28-20)14-27-19-7-5-4-6-16(19)13-22/h4-9,17H,2-3,10-12,14-15H2,1H3. The van der Waals surface area contributed by atoms with Gasteiger partial charge < -0.3 is 14.1 Å². The number of amides is 1. The Hall–Kier alpha value is -2.79. The fourth-order valence-electron chi connectivity index (χ4n) is 3.35. The minimum absolute atomic E-state index is 0.00404. The van der Waals surface area contributed by atoms with Crippen molar-refractivity contribution in [2.24, 2.45) is 0 Å². The van der Waals surface area contributed by atoms with Crippen LogP contribution in [0.15, 0.2) is 40.8 Å². The lowest BCUT2D eigenvalue weighted by Gasteiger charge is -2.27. The molecule has 7 nitrogen and oxygen atoms in total. The fraction of sp³-hybridized carbons (Fsp3) is 0.429. The summed E-state index contributed by atoms with van der Waals surface area (Å²) in [7, 11) is -3.09. The first-order valence-electron chi connectivity index (χ1n) is 9.65. The van der Waals surface area contributed by atoms with Gasteiger partial charge in [0.25, 0.3) is 5.91 Å². The van der Waals surface area contributed by atoms with Crippen molar-refractivity contribution < 1.29 is 22.4 Å². The minimum Gasteiger partial charge on any atom is -0.484 e. The smallest absolute Gasteiger partial charge is 0.289 e. The van der Waals surface area contributed by atoms with Crippen molar-refractivity contribution in [3.8, 4) is 11.8 Å². The van der Waals surface area contributed by atoms with Gasteiger partial charge in [-0.2, -0.15) is 5.26 Å². The van der Waals surface area contributed by atoms with E-state index in [9.17, 15) is 13.2 Å². The number of nitrogens with zero attached hydrogens (tertiary/aromatic N) is 2. The number of rotatable bonds is 8. The molecule has 2 aromatic rings. The summed E-state index contributed by atoms with van der Waals surface area (Å²) >= 11 is 0. The number of furan rings is 1. The second-order valence-electron chi connectivity index (χ2n) is 7.07. The summed E-state index contributed by atoms with van der Waals surface area (Å²) in [5, 5.41) is 9.12. The number of para-hydroxylation sites is 1. The quantitative estimate of drug-likeness (QED) is 0.655. The number of ether oxygens (including phenoxy) is 1. The Labute approximate surface area is 170 Å². The maximum Gasteiger partial charge on any atom is 0.289 e. The van der Waals surface area contributed by atoms with Crippen molar-refractivity contribution in [1.82, 2.24) is 4.90 Å². The van der Waals surface area contributed by atoms with E-state index in [-0.39, 0.29) is 35.8 Å². The van der Waals surface area contributed by atoms with Crippen LogP contribution < -0.4 is 4.74 Å². The van der Waals surface area contributed by atoms with Gasteiger partial charge in [0, 0.05) is 12.6 Å². The van der Waals surface area contributed by atoms with Crippen molar-refractivity contribution in [2.75, 3.05) is 18.1 Å². The zero-order valence-corrected chi connectivity index (χ0v) is 17.2. The molecule has 1 amide bonds. The van der Waals surface area contributed by atoms with E-state index < -0.39 is 9.84 Å². The second-order valence-corrected chi connectivity index (χ2v) is 9.30. The first-order valence-corrected chi connectivity index (χ1v) is 11.5. The number of unbranched alkanes of at least 4 members (excludes halogenated alkanes) is 1. The molecule has 1 aliphatic rings. The maximum atomic E-state index is 13.0. The van der Waals surface area contributed by atoms with Gasteiger partial charge in [-0.3, -0.25) is 4.79 Å². The van der Waals surface area contributed by atoms with Gasteiger partial charge in [-0.15, -0.1) is 0 Å². The van der Waals surface area contributed by atoms with Crippen molar-refractivity contribution in [1.29, 1.82) is 5.26 Å². The van der Waals surface area contributed by atoms with Crippen LogP contribution in [0.3, 0.4) is 0 Å². The van der Waals surface area contributed by atoms with E-state index in [0.29, 0.717) is 30.0 Å². The van der Waals surface area contributed by atoms with Gasteiger partial charge in [0.2, 0.25) is 0 Å². The molecule has 1 aliphatic heterocycles. The minimum atomic E-state index is -3.09. The number of carbonyl (C=O) groups is 1. The molecule has 0 radical (unpaired) electrons. The van der Waals surface area contributed by atoms with E-state index in [2.05, 4.69) is 6.07 Å². The van der Waals surface area contributed by atoms with E-state index >= 15 is 0 Å². The molecule has 0 saturated carbocycles. The van der Waals surface area contributed by atoms with Crippen LogP contribution in [0.4, 0.5) is 0 Å². The number of sulfone groups is 1. The van der Waals surface area contributed by atoms with E-state index in [0.717, 1.165) is 12.8 Å². The van der Waals surface area contributed by atoms with E-state index in [1.165, 1.54) is 0 Å². The monoisotopic (exact) mass is 416 g/mol. The Balaban J connectivity index is 1.70. The third-order valence-corrected chi connectivity index (χ3v) is 6.66. The molecule has 1 unspecified atom stereocenters. The van der Waals surface area contributed by atoms with Crippen LogP contribution in [0.25, 0.3) is 0 Å². The summed E-state index contributed by atoms with van der Waals surface area (Å²) < 4.78 is 35.0. The Bertz CT molecular complexity index is 1010. The third-order valence-electron chi connectivity index (χ3n) is 4.91. The van der Waals surface area contributed by atoms with Crippen molar-refractivity contribution in [3.63, 3.8) is 0 Å². The van der Waals surface area contributed by atoms with Crippen LogP contribution in [0.2, 0.25) is 0 Å². The lowest BCUT2D eigenvalue weighted by atomic mass is 10.2. The van der Waals surface area contributed by atoms with Gasteiger partial charge in [-0.1, -0.05) is 25.5 Å². The largest absolute Gasteiger partial charge is 0.484 e. The first-order chi connectivity index (χ1) is 13.9. The highest BCUT2D eigenvalue weighted by Gasteiger charge is 2.35. The number of hydrogen-bond donors (Lipinski definition) is 0. The van der Waals surface area contributed by atoms with Crippen molar-refractivity contribution in [3.05, 3.63) is 53.5 Å². The number of benzene rings is 1. The molecule has 0 aliphatic carbocycles. The summed E-state index contributed by atoms with van der Waals surface area (Å²) in [6.07, 6.45) is 2.15. The fourth-order valence-corrected chi connectivity index (χ4v) is 5.08. The summed E-state index contributed by atoms with van der Waals surface area (Å²) in [5.74, 6) is 0.880. The molecule has 3 rings (SSSR count). The lowest BCUT2D eigenvalue weighted by Crippen LogP contribution is -2.41. The van der Waals surface area contributed by atoms with Gasteiger partial charge >= 0.3 is 0 Å². The topological polar surface area (TPSA) is 101 Å². The Morgan fingerprint density at radius 2 is 2.10 bits per heavy atom. The number of nitriles is 1.